The molecule has 0 bridgehead atoms. The molecule has 1 aromatic heterocycles. The van der Waals surface area contributed by atoms with E-state index >= 15 is 0 Å². The SMILES string of the molecule is CCNC(=NCC(O)c1cc(OC)ccc1OC)N1CCOC(c2cnn(C)c2)C1.I. The number of aryl methyl sites for hydroxylation is 1. The van der Waals surface area contributed by atoms with Gasteiger partial charge in [-0.1, -0.05) is 0 Å². The number of benzene rings is 1. The van der Waals surface area contributed by atoms with Crippen molar-refractivity contribution in [2.75, 3.05) is 47.0 Å². The number of nitrogens with one attached hydrogen (secondary N) is 1. The highest BCUT2D eigenvalue weighted by Crippen LogP contribution is 2.29. The number of methoxy groups -OCH3 is 2. The maximum Gasteiger partial charge on any atom is 0.194 e. The third-order valence-corrected chi connectivity index (χ3v) is 5.01. The Morgan fingerprint density at radius 2 is 2.19 bits per heavy atom. The van der Waals surface area contributed by atoms with E-state index in [1.165, 1.54) is 0 Å². The summed E-state index contributed by atoms with van der Waals surface area (Å²) in [5.74, 6) is 2.01. The maximum atomic E-state index is 10.8. The number of aliphatic imine (C=N–C) groups is 1. The van der Waals surface area contributed by atoms with Crippen LogP contribution in [-0.2, 0) is 11.8 Å². The van der Waals surface area contributed by atoms with Crippen LogP contribution in [0.2, 0.25) is 0 Å². The molecule has 1 aliphatic heterocycles. The zero-order valence-electron chi connectivity index (χ0n) is 18.4. The molecule has 1 fully saturated rings. The normalized spacial score (nSPS) is 17.6. The van der Waals surface area contributed by atoms with Crippen LogP contribution in [0.5, 0.6) is 11.5 Å². The van der Waals surface area contributed by atoms with Crippen molar-refractivity contribution >= 4 is 29.9 Å². The average molecular weight is 545 g/mol. The molecular weight excluding hydrogens is 513 g/mol. The molecule has 172 valence electrons. The molecule has 1 aliphatic rings. The summed E-state index contributed by atoms with van der Waals surface area (Å²) >= 11 is 0. The number of halogens is 1. The van der Waals surface area contributed by atoms with Crippen LogP contribution in [0.1, 0.15) is 30.3 Å². The predicted molar refractivity (Wildman–Crippen MR) is 129 cm³/mol. The maximum absolute atomic E-state index is 10.8. The molecule has 9 nitrogen and oxygen atoms in total. The second kappa shape index (κ2) is 12.1. The number of guanidine groups is 1. The zero-order valence-corrected chi connectivity index (χ0v) is 20.8. The van der Waals surface area contributed by atoms with E-state index in [0.717, 1.165) is 24.6 Å². The summed E-state index contributed by atoms with van der Waals surface area (Å²) in [6.45, 7) is 4.93. The average Bonchev–Trinajstić information content (AvgIpc) is 3.22. The number of ether oxygens (including phenoxy) is 3. The third-order valence-electron chi connectivity index (χ3n) is 5.01. The first kappa shape index (κ1) is 25.2. The van der Waals surface area contributed by atoms with Crippen LogP contribution >= 0.6 is 24.0 Å². The Labute approximate surface area is 200 Å². The number of rotatable bonds is 7. The fourth-order valence-corrected chi connectivity index (χ4v) is 3.45. The van der Waals surface area contributed by atoms with Crippen LogP contribution in [0.3, 0.4) is 0 Å². The summed E-state index contributed by atoms with van der Waals surface area (Å²) < 4.78 is 18.4. The van der Waals surface area contributed by atoms with Gasteiger partial charge in [0.05, 0.1) is 40.1 Å². The van der Waals surface area contributed by atoms with Crippen molar-refractivity contribution in [3.63, 3.8) is 0 Å². The molecule has 1 saturated heterocycles. The van der Waals surface area contributed by atoms with Gasteiger partial charge in [-0.15, -0.1) is 24.0 Å². The second-order valence-electron chi connectivity index (χ2n) is 7.07. The lowest BCUT2D eigenvalue weighted by atomic mass is 10.1. The van der Waals surface area contributed by atoms with Gasteiger partial charge >= 0.3 is 0 Å². The Morgan fingerprint density at radius 3 is 2.84 bits per heavy atom. The second-order valence-corrected chi connectivity index (χ2v) is 7.07. The quantitative estimate of drug-likeness (QED) is 0.313. The highest BCUT2D eigenvalue weighted by molar-refractivity contribution is 14.0. The number of nitrogens with zero attached hydrogens (tertiary/aromatic N) is 4. The van der Waals surface area contributed by atoms with Gasteiger partial charge < -0.3 is 29.5 Å². The highest BCUT2D eigenvalue weighted by atomic mass is 127. The largest absolute Gasteiger partial charge is 0.497 e. The minimum absolute atomic E-state index is 0. The highest BCUT2D eigenvalue weighted by Gasteiger charge is 2.25. The predicted octanol–water partition coefficient (Wildman–Crippen LogP) is 2.13. The Hall–Kier alpha value is -2.05. The molecule has 0 radical (unpaired) electrons. The summed E-state index contributed by atoms with van der Waals surface area (Å²) in [5, 5.41) is 18.3. The van der Waals surface area contributed by atoms with Gasteiger partial charge in [0.25, 0.3) is 0 Å². The van der Waals surface area contributed by atoms with Crippen LogP contribution in [0.4, 0.5) is 0 Å². The van der Waals surface area contributed by atoms with Crippen LogP contribution in [0.25, 0.3) is 0 Å². The summed E-state index contributed by atoms with van der Waals surface area (Å²) in [4.78, 5) is 6.84. The minimum atomic E-state index is -0.820. The van der Waals surface area contributed by atoms with Crippen LogP contribution in [0.15, 0.2) is 35.6 Å². The first-order valence-electron chi connectivity index (χ1n) is 10.1. The van der Waals surface area contributed by atoms with Crippen molar-refractivity contribution in [1.82, 2.24) is 20.0 Å². The van der Waals surface area contributed by atoms with E-state index in [9.17, 15) is 5.11 Å². The molecule has 31 heavy (non-hydrogen) atoms. The van der Waals surface area contributed by atoms with Gasteiger partial charge in [0.2, 0.25) is 0 Å². The summed E-state index contributed by atoms with van der Waals surface area (Å²) in [6.07, 6.45) is 2.91. The molecular formula is C21H32IN5O4. The van der Waals surface area contributed by atoms with Gasteiger partial charge in [-0.25, -0.2) is 0 Å². The molecule has 2 aromatic rings. The number of aliphatic hydroxyl groups is 1. The molecule has 2 atom stereocenters. The molecule has 10 heteroatoms. The van der Waals surface area contributed by atoms with E-state index in [0.29, 0.717) is 30.2 Å². The van der Waals surface area contributed by atoms with Gasteiger partial charge in [-0.2, -0.15) is 5.10 Å². The number of hydrogen-bond donors (Lipinski definition) is 2. The van der Waals surface area contributed by atoms with E-state index in [1.54, 1.807) is 37.1 Å². The van der Waals surface area contributed by atoms with E-state index in [4.69, 9.17) is 14.2 Å². The van der Waals surface area contributed by atoms with Gasteiger partial charge in [-0.05, 0) is 25.1 Å². The van der Waals surface area contributed by atoms with Crippen molar-refractivity contribution in [2.45, 2.75) is 19.1 Å². The van der Waals surface area contributed by atoms with Crippen LogP contribution < -0.4 is 14.8 Å². The minimum Gasteiger partial charge on any atom is -0.497 e. The molecule has 2 unspecified atom stereocenters. The molecule has 1 aromatic carbocycles. The van der Waals surface area contributed by atoms with Crippen LogP contribution in [-0.4, -0.2) is 72.8 Å². The zero-order chi connectivity index (χ0) is 21.5. The number of morpholine rings is 1. The van der Waals surface area contributed by atoms with Crippen molar-refractivity contribution in [3.05, 3.63) is 41.7 Å². The van der Waals surface area contributed by atoms with Crippen LogP contribution in [0, 0.1) is 0 Å². The number of aromatic nitrogens is 2. The topological polar surface area (TPSA) is 93.4 Å². The fourth-order valence-electron chi connectivity index (χ4n) is 3.45. The van der Waals surface area contributed by atoms with Gasteiger partial charge in [-0.3, -0.25) is 9.67 Å². The molecule has 0 amide bonds. The van der Waals surface area contributed by atoms with Gasteiger partial charge in [0.1, 0.15) is 23.7 Å². The molecule has 3 rings (SSSR count). The lowest BCUT2D eigenvalue weighted by Crippen LogP contribution is -2.48. The van der Waals surface area contributed by atoms with Crippen molar-refractivity contribution in [3.8, 4) is 11.5 Å². The molecule has 2 heterocycles. The summed E-state index contributed by atoms with van der Waals surface area (Å²) in [7, 11) is 5.07. The first-order chi connectivity index (χ1) is 14.5. The molecule has 0 saturated carbocycles. The monoisotopic (exact) mass is 545 g/mol. The standard InChI is InChI=1S/C21H31N5O4.HI/c1-5-22-21(26-8-9-30-20(14-26)15-11-24-25(2)13-15)23-12-18(27)17-10-16(28-3)6-7-19(17)29-4;/h6-7,10-11,13,18,20,27H,5,8-9,12,14H2,1-4H3,(H,22,23);1H. The lowest BCUT2D eigenvalue weighted by molar-refractivity contribution is -0.00811. The Balaban J connectivity index is 0.00000341. The smallest absolute Gasteiger partial charge is 0.194 e. The van der Waals surface area contributed by atoms with Crippen molar-refractivity contribution in [1.29, 1.82) is 0 Å². The van der Waals surface area contributed by atoms with E-state index < -0.39 is 6.10 Å². The van der Waals surface area contributed by atoms with Crippen molar-refractivity contribution in [2.24, 2.45) is 12.0 Å². The lowest BCUT2D eigenvalue weighted by Gasteiger charge is -2.35. The van der Waals surface area contributed by atoms with Gasteiger partial charge in [0, 0.05) is 37.5 Å². The molecule has 2 N–H and O–H groups in total. The van der Waals surface area contributed by atoms with E-state index in [1.807, 2.05) is 26.4 Å². The Kier molecular flexibility index (Phi) is 9.85. The van der Waals surface area contributed by atoms with E-state index in [-0.39, 0.29) is 36.6 Å². The number of aliphatic hydroxyl groups excluding tert-OH is 1. The van der Waals surface area contributed by atoms with Crippen molar-refractivity contribution < 1.29 is 19.3 Å². The summed E-state index contributed by atoms with van der Waals surface area (Å²) in [5.41, 5.74) is 1.69. The Morgan fingerprint density at radius 1 is 1.39 bits per heavy atom. The molecule has 0 aliphatic carbocycles. The summed E-state index contributed by atoms with van der Waals surface area (Å²) in [6, 6.07) is 5.36. The first-order valence-corrected chi connectivity index (χ1v) is 10.1. The Bertz CT molecular complexity index is 860. The fraction of sp³-hybridized carbons (Fsp3) is 0.524. The van der Waals surface area contributed by atoms with Gasteiger partial charge in [0.15, 0.2) is 5.96 Å². The third kappa shape index (κ3) is 6.47. The molecule has 0 spiro atoms. The number of hydrogen-bond acceptors (Lipinski definition) is 6. The van der Waals surface area contributed by atoms with E-state index in [2.05, 4.69) is 20.3 Å².